The van der Waals surface area contributed by atoms with E-state index >= 15 is 0 Å². The predicted octanol–water partition coefficient (Wildman–Crippen LogP) is 6.04. The number of hydrogen-bond acceptors (Lipinski definition) is 11. The van der Waals surface area contributed by atoms with E-state index in [1.54, 1.807) is 97.9 Å². The number of pyridine rings is 1. The molecule has 0 aliphatic carbocycles. The van der Waals surface area contributed by atoms with Crippen LogP contribution in [0.5, 0.6) is 5.75 Å². The number of rotatable bonds is 25. The Kier molecular flexibility index (Phi) is 19.2. The molecule has 0 saturated carbocycles. The monoisotopic (exact) mass is 979 g/mol. The number of aliphatic hydroxyl groups excluding tert-OH is 1. The molecule has 0 radical (unpaired) electrons. The summed E-state index contributed by atoms with van der Waals surface area (Å²) in [5.41, 5.74) is 2.02. The molecule has 19 heteroatoms. The third-order valence-corrected chi connectivity index (χ3v) is 13.5. The van der Waals surface area contributed by atoms with Crippen LogP contribution >= 0.6 is 0 Å². The number of nitrogens with zero attached hydrogens (tertiary/aromatic N) is 3. The molecule has 1 aromatic heterocycles. The van der Waals surface area contributed by atoms with Crippen LogP contribution in [0.1, 0.15) is 73.7 Å². The van der Waals surface area contributed by atoms with Gasteiger partial charge in [0.2, 0.25) is 22.8 Å². The number of nitriles is 1. The second-order valence-corrected chi connectivity index (χ2v) is 19.4. The minimum atomic E-state index is -4.44. The number of unbranched alkanes of at least 4 members (excludes halogenated alkanes) is 2. The number of hydrogen-bond donors (Lipinski definition) is 5. The first-order valence-electron chi connectivity index (χ1n) is 22.3. The van der Waals surface area contributed by atoms with Gasteiger partial charge in [0.05, 0.1) is 33.6 Å². The van der Waals surface area contributed by atoms with Crippen LogP contribution in [0.3, 0.4) is 0 Å². The molecule has 69 heavy (non-hydrogen) atoms. The Morgan fingerprint density at radius 1 is 0.768 bits per heavy atom. The fourth-order valence-corrected chi connectivity index (χ4v) is 9.30. The van der Waals surface area contributed by atoms with E-state index in [2.05, 4.69) is 21.9 Å². The summed E-state index contributed by atoms with van der Waals surface area (Å²) in [5, 5.41) is 28.2. The molecular formula is C50H55N6O11S2+. The van der Waals surface area contributed by atoms with Crippen molar-refractivity contribution in [1.82, 2.24) is 14.9 Å². The van der Waals surface area contributed by atoms with Gasteiger partial charge >= 0.3 is 0 Å². The van der Waals surface area contributed by atoms with Gasteiger partial charge in [-0.2, -0.15) is 18.2 Å². The van der Waals surface area contributed by atoms with Gasteiger partial charge < -0.3 is 25.8 Å². The maximum atomic E-state index is 14.8. The molecule has 17 nitrogen and oxygen atoms in total. The average Bonchev–Trinajstić information content (AvgIpc) is 3.32. The highest BCUT2D eigenvalue weighted by Crippen LogP contribution is 2.29. The number of benzene rings is 4. The van der Waals surface area contributed by atoms with Crippen LogP contribution in [0, 0.1) is 30.6 Å². The number of aliphatic hydroxyl groups is 1. The summed E-state index contributed by atoms with van der Waals surface area (Å²) in [4.78, 5) is 52.5. The first-order valence-corrected chi connectivity index (χ1v) is 25.3. The summed E-state index contributed by atoms with van der Waals surface area (Å²) in [6, 6.07) is 28.1. The standard InChI is InChI=1S/C50H54N6O11S2/c1-3-4-18-45(57)42(35-51)49(60)54-37-23-25-38(26-24-37)67-33-11-5-6-19-46(58)52-29-30-53-47(59)20-12-32-56(69(65,66)39-27-21-36(2)22-28-39)50(61)48-40-14-7-9-16-43(40)55(31-13-34-68(62,63)64)44-17-10-8-15-41(44)48/h1,7-10,14-17,21-28H,4-6,11-13,18-20,29-34H2,2H3,(H4-,52,53,54,57,58,59,60,62,63,64)/p+1. The van der Waals surface area contributed by atoms with Gasteiger partial charge in [-0.1, -0.05) is 42.0 Å². The molecule has 4 aromatic carbocycles. The van der Waals surface area contributed by atoms with Gasteiger partial charge in [-0.3, -0.25) is 23.7 Å². The summed E-state index contributed by atoms with van der Waals surface area (Å²) in [6.07, 6.45) is 7.57. The molecular weight excluding hydrogens is 925 g/mol. The first kappa shape index (κ1) is 52.6. The van der Waals surface area contributed by atoms with Gasteiger partial charge in [-0.05, 0) is 81.1 Å². The zero-order valence-electron chi connectivity index (χ0n) is 38.1. The summed E-state index contributed by atoms with van der Waals surface area (Å²) < 4.78 is 69.4. The van der Waals surface area contributed by atoms with Gasteiger partial charge in [-0.15, -0.1) is 12.3 Å². The lowest BCUT2D eigenvalue weighted by Gasteiger charge is -2.24. The molecule has 0 saturated heterocycles. The number of carbonyl (C=O) groups is 4. The van der Waals surface area contributed by atoms with E-state index in [0.29, 0.717) is 59.1 Å². The Labute approximate surface area is 402 Å². The zero-order chi connectivity index (χ0) is 50.0. The molecule has 0 bridgehead atoms. The number of sulfonamides is 1. The highest BCUT2D eigenvalue weighted by molar-refractivity contribution is 7.89. The van der Waals surface area contributed by atoms with E-state index in [4.69, 9.17) is 11.2 Å². The van der Waals surface area contributed by atoms with Crippen LogP contribution in [0.25, 0.3) is 21.8 Å². The third-order valence-electron chi connectivity index (χ3n) is 10.9. The van der Waals surface area contributed by atoms with Crippen molar-refractivity contribution in [1.29, 1.82) is 5.26 Å². The fourth-order valence-electron chi connectivity index (χ4n) is 7.39. The van der Waals surface area contributed by atoms with Crippen LogP contribution in [0.15, 0.2) is 113 Å². The molecule has 0 fully saturated rings. The lowest BCUT2D eigenvalue weighted by Crippen LogP contribution is -2.41. The Hall–Kier alpha value is -7.32. The number of nitrogens with one attached hydrogen (secondary N) is 3. The molecule has 5 rings (SSSR count). The minimum Gasteiger partial charge on any atom is -0.511 e. The second kappa shape index (κ2) is 25.2. The highest BCUT2D eigenvalue weighted by atomic mass is 32.2. The number of carbonyl (C=O) groups excluding carboxylic acids is 4. The fraction of sp³-hybridized carbons (Fsp3) is 0.320. The number of amides is 4. The predicted molar refractivity (Wildman–Crippen MR) is 260 cm³/mol. The van der Waals surface area contributed by atoms with Crippen molar-refractivity contribution in [3.05, 3.63) is 120 Å². The number of aromatic nitrogens is 1. The molecule has 0 aliphatic heterocycles. The van der Waals surface area contributed by atoms with Gasteiger partial charge in [-0.25, -0.2) is 12.7 Å². The molecule has 0 aliphatic rings. The summed E-state index contributed by atoms with van der Waals surface area (Å²) in [5.74, 6) is -0.112. The van der Waals surface area contributed by atoms with Crippen LogP contribution < -0.4 is 25.3 Å². The van der Waals surface area contributed by atoms with Crippen molar-refractivity contribution in [2.75, 3.05) is 37.3 Å². The second-order valence-electron chi connectivity index (χ2n) is 16.0. The van der Waals surface area contributed by atoms with Crippen molar-refractivity contribution >= 4 is 71.3 Å². The van der Waals surface area contributed by atoms with Gasteiger partial charge in [0.25, 0.3) is 32.0 Å². The Balaban J connectivity index is 1.10. The Morgan fingerprint density at radius 3 is 1.94 bits per heavy atom. The van der Waals surface area contributed by atoms with Crippen molar-refractivity contribution < 1.29 is 55.0 Å². The van der Waals surface area contributed by atoms with Crippen molar-refractivity contribution in [2.45, 2.75) is 76.2 Å². The summed E-state index contributed by atoms with van der Waals surface area (Å²) in [6.45, 7) is 2.34. The minimum absolute atomic E-state index is 0.0106. The van der Waals surface area contributed by atoms with E-state index < -0.39 is 49.2 Å². The highest BCUT2D eigenvalue weighted by Gasteiger charge is 2.34. The Morgan fingerprint density at radius 2 is 1.36 bits per heavy atom. The lowest BCUT2D eigenvalue weighted by atomic mass is 10.0. The number of terminal acetylenes is 1. The van der Waals surface area contributed by atoms with Crippen molar-refractivity contribution in [3.63, 3.8) is 0 Å². The first-order chi connectivity index (χ1) is 33.0. The Bertz CT molecular complexity index is 2940. The van der Waals surface area contributed by atoms with Crippen molar-refractivity contribution in [3.8, 4) is 24.2 Å². The molecule has 5 N–H and O–H groups in total. The van der Waals surface area contributed by atoms with Gasteiger partial charge in [0.1, 0.15) is 17.6 Å². The molecule has 0 spiro atoms. The summed E-state index contributed by atoms with van der Waals surface area (Å²) >= 11 is 0. The van der Waals surface area contributed by atoms with Crippen LogP contribution in [0.4, 0.5) is 5.69 Å². The third kappa shape index (κ3) is 15.1. The zero-order valence-corrected chi connectivity index (χ0v) is 39.8. The number of allylic oxidation sites excluding steroid dienone is 1. The molecule has 0 atom stereocenters. The normalized spacial score (nSPS) is 11.8. The molecule has 0 unspecified atom stereocenters. The van der Waals surface area contributed by atoms with Crippen LogP contribution in [0.2, 0.25) is 0 Å². The number of para-hydroxylation sites is 2. The van der Waals surface area contributed by atoms with Crippen LogP contribution in [-0.4, -0.2) is 86.4 Å². The molecule has 1 heterocycles. The maximum absolute atomic E-state index is 14.8. The van der Waals surface area contributed by atoms with E-state index in [1.807, 2.05) is 4.57 Å². The van der Waals surface area contributed by atoms with Crippen molar-refractivity contribution in [2.24, 2.45) is 0 Å². The van der Waals surface area contributed by atoms with Crippen LogP contribution in [-0.2, 0) is 41.1 Å². The smallest absolute Gasteiger partial charge is 0.269 e. The van der Waals surface area contributed by atoms with E-state index in [9.17, 15) is 50.9 Å². The quantitative estimate of drug-likeness (QED) is 0.00657. The molecule has 4 amide bonds. The number of anilines is 1. The number of aryl methyl sites for hydroxylation is 2. The van der Waals surface area contributed by atoms with E-state index in [0.717, 1.165) is 9.87 Å². The average molecular weight is 980 g/mol. The lowest BCUT2D eigenvalue weighted by molar-refractivity contribution is -0.645. The summed E-state index contributed by atoms with van der Waals surface area (Å²) in [7, 11) is -8.67. The number of fused-ring (bicyclic) bond motifs is 2. The molecule has 5 aromatic rings. The maximum Gasteiger partial charge on any atom is 0.269 e. The largest absolute Gasteiger partial charge is 0.511 e. The van der Waals surface area contributed by atoms with E-state index in [-0.39, 0.29) is 86.8 Å². The van der Waals surface area contributed by atoms with Gasteiger partial charge in [0.15, 0.2) is 12.1 Å². The van der Waals surface area contributed by atoms with E-state index in [1.165, 1.54) is 12.1 Å². The SMILES string of the molecule is C#CCC/C(O)=C(\C#N)C(=O)Nc1ccc(OCCCCCC(=O)NCCNC(=O)CCCN(C(=O)c2c3ccccc3[n+](CCCS(=O)(=O)O)c3ccccc23)S(=O)(=O)c2ccc(C)cc2)cc1. The topological polar surface area (TPSA) is 253 Å². The number of ether oxygens (including phenoxy) is 1. The molecule has 362 valence electrons. The van der Waals surface area contributed by atoms with Gasteiger partial charge in [0, 0.05) is 69.6 Å².